The van der Waals surface area contributed by atoms with Gasteiger partial charge in [0.25, 0.3) is 0 Å². The van der Waals surface area contributed by atoms with Crippen molar-refractivity contribution in [3.05, 3.63) is 34.2 Å². The molecule has 1 aromatic rings. The summed E-state index contributed by atoms with van der Waals surface area (Å²) in [5.41, 5.74) is 0.535. The summed E-state index contributed by atoms with van der Waals surface area (Å²) in [6.07, 6.45) is 1.50. The largest absolute Gasteiger partial charge is 0.370 e. The molecule has 0 aromatic carbocycles. The summed E-state index contributed by atoms with van der Waals surface area (Å²) in [4.78, 5) is 13.7. The first kappa shape index (κ1) is 10.4. The summed E-state index contributed by atoms with van der Waals surface area (Å²) < 4.78 is 11.3. The summed E-state index contributed by atoms with van der Waals surface area (Å²) in [6, 6.07) is 3.39. The third-order valence-electron chi connectivity index (χ3n) is 2.43. The molecular weight excluding hydrogens is 194 g/mol. The van der Waals surface area contributed by atoms with Crippen molar-refractivity contribution in [3.8, 4) is 0 Å². The first-order chi connectivity index (χ1) is 7.07. The van der Waals surface area contributed by atoms with E-state index in [9.17, 15) is 4.79 Å². The molecule has 2 heterocycles. The number of hydrogen-bond donors (Lipinski definition) is 1. The highest BCUT2D eigenvalue weighted by Crippen LogP contribution is 2.26. The second-order valence-corrected chi connectivity index (χ2v) is 4.36. The molecule has 15 heavy (non-hydrogen) atoms. The molecular formula is C11H15NO3. The van der Waals surface area contributed by atoms with Gasteiger partial charge in [0.2, 0.25) is 5.56 Å². The fourth-order valence-corrected chi connectivity index (χ4v) is 1.55. The lowest BCUT2D eigenvalue weighted by atomic mass is 10.1. The Bertz CT molecular complexity index is 387. The Morgan fingerprint density at radius 2 is 2.33 bits per heavy atom. The Kier molecular flexibility index (Phi) is 2.63. The maximum atomic E-state index is 11.1. The number of rotatable bonds is 1. The molecule has 0 amide bonds. The van der Waals surface area contributed by atoms with Gasteiger partial charge in [0.1, 0.15) is 6.10 Å². The molecule has 1 atom stereocenters. The van der Waals surface area contributed by atoms with Crippen LogP contribution < -0.4 is 5.56 Å². The fourth-order valence-electron chi connectivity index (χ4n) is 1.55. The van der Waals surface area contributed by atoms with Crippen LogP contribution >= 0.6 is 0 Å². The summed E-state index contributed by atoms with van der Waals surface area (Å²) in [5, 5.41) is 0. The standard InChI is InChI=1S/C11H15NO3/c1-11(2)7-14-9(6-15-11)8-3-4-12-10(13)5-8/h3-5,9H,6-7H2,1-2H3,(H,12,13). The Morgan fingerprint density at radius 3 is 2.93 bits per heavy atom. The molecule has 4 nitrogen and oxygen atoms in total. The number of aromatic nitrogens is 1. The van der Waals surface area contributed by atoms with Gasteiger partial charge in [0.15, 0.2) is 0 Å². The Morgan fingerprint density at radius 1 is 1.53 bits per heavy atom. The molecule has 0 radical (unpaired) electrons. The minimum atomic E-state index is -0.225. The predicted octanol–water partition coefficient (Wildman–Crippen LogP) is 1.24. The van der Waals surface area contributed by atoms with Crippen LogP contribution in [0.4, 0.5) is 0 Å². The molecule has 2 rings (SSSR count). The van der Waals surface area contributed by atoms with Crippen LogP contribution in [-0.4, -0.2) is 23.8 Å². The van der Waals surface area contributed by atoms with Crippen molar-refractivity contribution < 1.29 is 9.47 Å². The van der Waals surface area contributed by atoms with E-state index < -0.39 is 0 Å². The zero-order valence-corrected chi connectivity index (χ0v) is 8.95. The number of ether oxygens (including phenoxy) is 2. The lowest BCUT2D eigenvalue weighted by Gasteiger charge is -2.34. The highest BCUT2D eigenvalue weighted by atomic mass is 16.6. The Balaban J connectivity index is 2.11. The second kappa shape index (κ2) is 3.79. The SMILES string of the molecule is CC1(C)COC(c2cc[nH]c(=O)c2)CO1. The maximum Gasteiger partial charge on any atom is 0.248 e. The van der Waals surface area contributed by atoms with Crippen LogP contribution in [0, 0.1) is 0 Å². The third-order valence-corrected chi connectivity index (χ3v) is 2.43. The quantitative estimate of drug-likeness (QED) is 0.757. The van der Waals surface area contributed by atoms with Crippen LogP contribution in [0.5, 0.6) is 0 Å². The van der Waals surface area contributed by atoms with Crippen molar-refractivity contribution in [3.63, 3.8) is 0 Å². The minimum Gasteiger partial charge on any atom is -0.370 e. The van der Waals surface area contributed by atoms with E-state index in [1.54, 1.807) is 12.3 Å². The first-order valence-electron chi connectivity index (χ1n) is 5.01. The van der Waals surface area contributed by atoms with E-state index >= 15 is 0 Å². The van der Waals surface area contributed by atoms with Crippen LogP contribution in [0.25, 0.3) is 0 Å². The zero-order chi connectivity index (χ0) is 10.9. The van der Waals surface area contributed by atoms with Crippen molar-refractivity contribution in [2.75, 3.05) is 13.2 Å². The van der Waals surface area contributed by atoms with Gasteiger partial charge in [-0.2, -0.15) is 0 Å². The normalized spacial score (nSPS) is 25.1. The summed E-state index contributed by atoms with van der Waals surface area (Å²) in [6.45, 7) is 5.02. The van der Waals surface area contributed by atoms with Gasteiger partial charge in [-0.3, -0.25) is 4.79 Å². The van der Waals surface area contributed by atoms with Gasteiger partial charge in [0.05, 0.1) is 18.8 Å². The van der Waals surface area contributed by atoms with Crippen LogP contribution in [0.1, 0.15) is 25.5 Å². The molecule has 1 saturated heterocycles. The molecule has 1 unspecified atom stereocenters. The van der Waals surface area contributed by atoms with E-state index in [1.165, 1.54) is 0 Å². The molecule has 1 aromatic heterocycles. The molecule has 82 valence electrons. The van der Waals surface area contributed by atoms with Gasteiger partial charge < -0.3 is 14.5 Å². The summed E-state index contributed by atoms with van der Waals surface area (Å²) in [7, 11) is 0. The lowest BCUT2D eigenvalue weighted by molar-refractivity contribution is -0.176. The molecule has 0 bridgehead atoms. The predicted molar refractivity (Wildman–Crippen MR) is 55.8 cm³/mol. The van der Waals surface area contributed by atoms with Crippen molar-refractivity contribution >= 4 is 0 Å². The van der Waals surface area contributed by atoms with Crippen molar-refractivity contribution in [2.24, 2.45) is 0 Å². The van der Waals surface area contributed by atoms with Gasteiger partial charge in [-0.05, 0) is 25.5 Å². The van der Waals surface area contributed by atoms with E-state index in [4.69, 9.17) is 9.47 Å². The fraction of sp³-hybridized carbons (Fsp3) is 0.545. The number of hydrogen-bond acceptors (Lipinski definition) is 3. The third kappa shape index (κ3) is 2.46. The van der Waals surface area contributed by atoms with E-state index in [0.29, 0.717) is 13.2 Å². The number of H-pyrrole nitrogens is 1. The van der Waals surface area contributed by atoms with Crippen molar-refractivity contribution in [2.45, 2.75) is 25.6 Å². The van der Waals surface area contributed by atoms with Gasteiger partial charge in [-0.1, -0.05) is 0 Å². The average molecular weight is 209 g/mol. The monoisotopic (exact) mass is 209 g/mol. The Labute approximate surface area is 88.2 Å². The first-order valence-corrected chi connectivity index (χ1v) is 5.01. The molecule has 1 fully saturated rings. The molecule has 1 N–H and O–H groups in total. The molecule has 0 spiro atoms. The van der Waals surface area contributed by atoms with E-state index in [-0.39, 0.29) is 17.3 Å². The summed E-state index contributed by atoms with van der Waals surface area (Å²) >= 11 is 0. The molecule has 4 heteroatoms. The maximum absolute atomic E-state index is 11.1. The van der Waals surface area contributed by atoms with Gasteiger partial charge in [-0.25, -0.2) is 0 Å². The smallest absolute Gasteiger partial charge is 0.248 e. The molecule has 0 saturated carbocycles. The van der Waals surface area contributed by atoms with Crippen LogP contribution in [-0.2, 0) is 9.47 Å². The van der Waals surface area contributed by atoms with Gasteiger partial charge in [0, 0.05) is 12.3 Å². The number of aromatic amines is 1. The van der Waals surface area contributed by atoms with Gasteiger partial charge in [-0.15, -0.1) is 0 Å². The molecule has 1 aliphatic rings. The van der Waals surface area contributed by atoms with E-state index in [2.05, 4.69) is 4.98 Å². The number of pyridine rings is 1. The lowest BCUT2D eigenvalue weighted by Crippen LogP contribution is -2.39. The Hall–Kier alpha value is -1.13. The van der Waals surface area contributed by atoms with E-state index in [0.717, 1.165) is 5.56 Å². The van der Waals surface area contributed by atoms with Crippen LogP contribution in [0.3, 0.4) is 0 Å². The topological polar surface area (TPSA) is 51.3 Å². The highest BCUT2D eigenvalue weighted by molar-refractivity contribution is 5.14. The average Bonchev–Trinajstić information content (AvgIpc) is 2.17. The van der Waals surface area contributed by atoms with Crippen molar-refractivity contribution in [1.82, 2.24) is 4.98 Å². The highest BCUT2D eigenvalue weighted by Gasteiger charge is 2.29. The zero-order valence-electron chi connectivity index (χ0n) is 8.95. The molecule has 1 aliphatic heterocycles. The second-order valence-electron chi connectivity index (χ2n) is 4.36. The van der Waals surface area contributed by atoms with Crippen LogP contribution in [0.15, 0.2) is 23.1 Å². The molecule has 0 aliphatic carbocycles. The van der Waals surface area contributed by atoms with Crippen molar-refractivity contribution in [1.29, 1.82) is 0 Å². The van der Waals surface area contributed by atoms with Gasteiger partial charge >= 0.3 is 0 Å². The van der Waals surface area contributed by atoms with Crippen LogP contribution in [0.2, 0.25) is 0 Å². The number of nitrogens with one attached hydrogen (secondary N) is 1. The van der Waals surface area contributed by atoms with E-state index in [1.807, 2.05) is 19.9 Å². The summed E-state index contributed by atoms with van der Waals surface area (Å²) in [5.74, 6) is 0. The minimum absolute atomic E-state index is 0.110.